The van der Waals surface area contributed by atoms with Crippen molar-refractivity contribution in [2.24, 2.45) is 5.92 Å². The lowest BCUT2D eigenvalue weighted by molar-refractivity contribution is 0.0124. The average Bonchev–Trinajstić information content (AvgIpc) is 3.03. The molecule has 1 aliphatic heterocycles. The molecule has 24 heavy (non-hydrogen) atoms. The van der Waals surface area contributed by atoms with Gasteiger partial charge >= 0.3 is 0 Å². The van der Waals surface area contributed by atoms with Crippen LogP contribution in [0, 0.1) is 5.92 Å². The van der Waals surface area contributed by atoms with E-state index in [0.717, 1.165) is 38.4 Å². The number of carbonyl (C=O) groups is 1. The summed E-state index contributed by atoms with van der Waals surface area (Å²) in [6.45, 7) is 8.49. The zero-order valence-corrected chi connectivity index (χ0v) is 14.4. The first kappa shape index (κ1) is 16.9. The van der Waals surface area contributed by atoms with Crippen molar-refractivity contribution in [3.05, 3.63) is 36.3 Å². The summed E-state index contributed by atoms with van der Waals surface area (Å²) >= 11 is 0. The van der Waals surface area contributed by atoms with Gasteiger partial charge in [0.05, 0.1) is 13.2 Å². The van der Waals surface area contributed by atoms with Crippen molar-refractivity contribution < 1.29 is 9.53 Å². The minimum atomic E-state index is -0.110. The maximum atomic E-state index is 12.5. The van der Waals surface area contributed by atoms with E-state index in [9.17, 15) is 4.79 Å². The molecule has 0 aromatic carbocycles. The Labute approximate surface area is 142 Å². The number of aromatic nitrogens is 2. The summed E-state index contributed by atoms with van der Waals surface area (Å²) < 4.78 is 7.31. The van der Waals surface area contributed by atoms with Crippen molar-refractivity contribution in [3.63, 3.8) is 0 Å². The molecular weight excluding hydrogens is 304 g/mol. The predicted molar refractivity (Wildman–Crippen MR) is 93.2 cm³/mol. The van der Waals surface area contributed by atoms with Crippen LogP contribution in [0.2, 0.25) is 0 Å². The fourth-order valence-electron chi connectivity index (χ4n) is 3.19. The number of ether oxygens (including phenoxy) is 1. The van der Waals surface area contributed by atoms with Crippen LogP contribution >= 0.6 is 0 Å². The van der Waals surface area contributed by atoms with Gasteiger partial charge in [0.1, 0.15) is 11.3 Å². The fraction of sp³-hybridized carbons (Fsp3) is 0.556. The van der Waals surface area contributed by atoms with Crippen LogP contribution in [0.4, 0.5) is 0 Å². The zero-order chi connectivity index (χ0) is 16.9. The van der Waals surface area contributed by atoms with Crippen LogP contribution in [0.5, 0.6) is 0 Å². The molecule has 3 rings (SSSR count). The Morgan fingerprint density at radius 2 is 2.12 bits per heavy atom. The van der Waals surface area contributed by atoms with E-state index in [1.54, 1.807) is 6.20 Å². The van der Waals surface area contributed by atoms with Crippen molar-refractivity contribution in [2.45, 2.75) is 26.3 Å². The van der Waals surface area contributed by atoms with Crippen LogP contribution in [0.1, 0.15) is 30.8 Å². The van der Waals surface area contributed by atoms with Crippen molar-refractivity contribution >= 4 is 11.6 Å². The predicted octanol–water partition coefficient (Wildman–Crippen LogP) is 1.81. The summed E-state index contributed by atoms with van der Waals surface area (Å²) in [6.07, 6.45) is 4.73. The number of morpholine rings is 1. The molecule has 1 N–H and O–H groups in total. The molecule has 0 aliphatic carbocycles. The molecule has 6 heteroatoms. The first-order valence-corrected chi connectivity index (χ1v) is 8.67. The summed E-state index contributed by atoms with van der Waals surface area (Å²) in [4.78, 5) is 19.3. The lowest BCUT2D eigenvalue weighted by atomic mass is 10.0. The first-order chi connectivity index (χ1) is 11.6. The highest BCUT2D eigenvalue weighted by atomic mass is 16.5. The Morgan fingerprint density at radius 1 is 1.33 bits per heavy atom. The van der Waals surface area contributed by atoms with E-state index in [0.29, 0.717) is 24.2 Å². The van der Waals surface area contributed by atoms with Gasteiger partial charge in [-0.3, -0.25) is 9.69 Å². The molecule has 0 saturated carbocycles. The van der Waals surface area contributed by atoms with Gasteiger partial charge < -0.3 is 14.5 Å². The molecule has 1 amide bonds. The molecule has 130 valence electrons. The number of hydrogen-bond acceptors (Lipinski definition) is 4. The smallest absolute Gasteiger partial charge is 0.271 e. The molecule has 6 nitrogen and oxygen atoms in total. The van der Waals surface area contributed by atoms with Crippen molar-refractivity contribution in [2.75, 3.05) is 32.8 Å². The second-order valence-corrected chi connectivity index (χ2v) is 6.73. The van der Waals surface area contributed by atoms with Gasteiger partial charge in [0.25, 0.3) is 5.91 Å². The van der Waals surface area contributed by atoms with E-state index in [4.69, 9.17) is 4.74 Å². The third-order valence-electron chi connectivity index (χ3n) is 4.40. The van der Waals surface area contributed by atoms with Gasteiger partial charge in [0.2, 0.25) is 0 Å². The molecule has 2 aromatic rings. The van der Waals surface area contributed by atoms with E-state index >= 15 is 0 Å². The molecule has 0 bridgehead atoms. The number of pyridine rings is 1. The molecule has 1 saturated heterocycles. The topological polar surface area (TPSA) is 58.9 Å². The van der Waals surface area contributed by atoms with Crippen molar-refractivity contribution in [3.8, 4) is 0 Å². The Hall–Kier alpha value is -1.92. The second-order valence-electron chi connectivity index (χ2n) is 6.73. The summed E-state index contributed by atoms with van der Waals surface area (Å²) in [5.41, 5.74) is 1.25. The number of rotatable bonds is 6. The number of imidazole rings is 1. The highest BCUT2D eigenvalue weighted by molar-refractivity contribution is 5.92. The van der Waals surface area contributed by atoms with E-state index in [-0.39, 0.29) is 5.91 Å². The highest BCUT2D eigenvalue weighted by Gasteiger charge is 2.23. The summed E-state index contributed by atoms with van der Waals surface area (Å²) in [7, 11) is 0. The summed E-state index contributed by atoms with van der Waals surface area (Å²) in [5.74, 6) is 0.477. The van der Waals surface area contributed by atoms with Gasteiger partial charge in [-0.1, -0.05) is 19.9 Å². The summed E-state index contributed by atoms with van der Waals surface area (Å²) in [5, 5.41) is 3.07. The van der Waals surface area contributed by atoms with Gasteiger partial charge in [0.15, 0.2) is 0 Å². The quantitative estimate of drug-likeness (QED) is 0.878. The number of nitrogens with zero attached hydrogens (tertiary/aromatic N) is 3. The van der Waals surface area contributed by atoms with E-state index < -0.39 is 0 Å². The highest BCUT2D eigenvalue weighted by Crippen LogP contribution is 2.13. The average molecular weight is 330 g/mol. The number of carbonyl (C=O) groups excluding carboxylic acids is 1. The summed E-state index contributed by atoms with van der Waals surface area (Å²) in [6, 6.07) is 6.08. The Bertz CT molecular complexity index is 643. The minimum absolute atomic E-state index is 0.110. The minimum Gasteiger partial charge on any atom is -0.379 e. The molecule has 1 fully saturated rings. The molecule has 0 spiro atoms. The van der Waals surface area contributed by atoms with Crippen molar-refractivity contribution in [1.29, 1.82) is 0 Å². The Balaban J connectivity index is 1.63. The maximum absolute atomic E-state index is 12.5. The van der Waals surface area contributed by atoms with Gasteiger partial charge in [-0.25, -0.2) is 4.98 Å². The molecule has 2 aromatic heterocycles. The number of hydrogen-bond donors (Lipinski definition) is 1. The van der Waals surface area contributed by atoms with Crippen LogP contribution in [0.25, 0.3) is 5.65 Å². The van der Waals surface area contributed by atoms with Gasteiger partial charge in [0, 0.05) is 38.1 Å². The Kier molecular flexibility index (Phi) is 5.48. The molecule has 0 radical (unpaired) electrons. The second kappa shape index (κ2) is 7.77. The lowest BCUT2D eigenvalue weighted by Gasteiger charge is -2.35. The third-order valence-corrected chi connectivity index (χ3v) is 4.40. The van der Waals surface area contributed by atoms with E-state index in [1.165, 1.54) is 0 Å². The van der Waals surface area contributed by atoms with Crippen molar-refractivity contribution in [1.82, 2.24) is 19.6 Å². The number of nitrogens with one attached hydrogen (secondary N) is 1. The first-order valence-electron chi connectivity index (χ1n) is 8.67. The maximum Gasteiger partial charge on any atom is 0.271 e. The molecule has 1 atom stereocenters. The standard InChI is InChI=1S/C18H26N4O2/c1-14(2)11-15(21-7-9-24-10-8-21)12-19-18(23)16-13-22-6-4-3-5-17(22)20-16/h3-6,13-15H,7-12H2,1-2H3,(H,19,23). The molecule has 1 aliphatic rings. The number of fused-ring (bicyclic) bond motifs is 1. The van der Waals surface area contributed by atoms with Crippen LogP contribution in [-0.4, -0.2) is 59.1 Å². The van der Waals surface area contributed by atoms with Crippen LogP contribution in [-0.2, 0) is 4.74 Å². The van der Waals surface area contributed by atoms with Crippen LogP contribution in [0.3, 0.4) is 0 Å². The van der Waals surface area contributed by atoms with E-state index in [2.05, 4.69) is 29.0 Å². The van der Waals surface area contributed by atoms with Gasteiger partial charge in [-0.05, 0) is 24.5 Å². The molecule has 3 heterocycles. The van der Waals surface area contributed by atoms with Gasteiger partial charge in [-0.15, -0.1) is 0 Å². The lowest BCUT2D eigenvalue weighted by Crippen LogP contribution is -2.49. The molecular formula is C18H26N4O2. The monoisotopic (exact) mass is 330 g/mol. The SMILES string of the molecule is CC(C)CC(CNC(=O)c1cn2ccccc2n1)N1CCOCC1. The normalized spacial score (nSPS) is 17.3. The Morgan fingerprint density at radius 3 is 2.83 bits per heavy atom. The fourth-order valence-corrected chi connectivity index (χ4v) is 3.19. The van der Waals surface area contributed by atoms with Crippen LogP contribution in [0.15, 0.2) is 30.6 Å². The number of amides is 1. The van der Waals surface area contributed by atoms with E-state index in [1.807, 2.05) is 28.8 Å². The zero-order valence-electron chi connectivity index (χ0n) is 14.4. The molecule has 1 unspecified atom stereocenters. The van der Waals surface area contributed by atoms with Gasteiger partial charge in [-0.2, -0.15) is 0 Å². The largest absolute Gasteiger partial charge is 0.379 e. The van der Waals surface area contributed by atoms with Crippen LogP contribution < -0.4 is 5.32 Å². The third kappa shape index (κ3) is 4.13.